The van der Waals surface area contributed by atoms with Gasteiger partial charge in [0.25, 0.3) is 0 Å². The van der Waals surface area contributed by atoms with Crippen LogP contribution in [0.25, 0.3) is 0 Å². The van der Waals surface area contributed by atoms with E-state index in [0.717, 1.165) is 11.1 Å². The maximum atomic E-state index is 13.0. The van der Waals surface area contributed by atoms with E-state index in [1.54, 1.807) is 6.20 Å². The molecule has 0 saturated heterocycles. The van der Waals surface area contributed by atoms with Crippen LogP contribution in [0.1, 0.15) is 17.5 Å². The van der Waals surface area contributed by atoms with Crippen LogP contribution in [0.3, 0.4) is 0 Å². The summed E-state index contributed by atoms with van der Waals surface area (Å²) < 4.78 is 0. The summed E-state index contributed by atoms with van der Waals surface area (Å²) in [6.45, 7) is 0.831. The third-order valence-electron chi connectivity index (χ3n) is 6.89. The smallest absolute Gasteiger partial charge is 0.324 e. The van der Waals surface area contributed by atoms with Gasteiger partial charge in [0.1, 0.15) is 10.6 Å². The molecule has 1 heterocycles. The first kappa shape index (κ1) is 24.3. The Balaban J connectivity index is 0.00000274. The monoisotopic (exact) mass is 500 g/mol. The van der Waals surface area contributed by atoms with Crippen molar-refractivity contribution in [2.24, 2.45) is 17.8 Å². The van der Waals surface area contributed by atoms with E-state index in [0.29, 0.717) is 24.5 Å². The molecule has 0 radical (unpaired) electrons. The molecule has 2 aromatic carbocycles. The Morgan fingerprint density at radius 2 is 1.62 bits per heavy atom. The molecule has 1 aromatic heterocycles. The lowest BCUT2D eigenvalue weighted by molar-refractivity contribution is -0.155. The number of aromatic nitrogens is 3. The number of H-pyrrole nitrogens is 1. The summed E-state index contributed by atoms with van der Waals surface area (Å²) in [6, 6.07) is 19.5. The molecule has 0 spiro atoms. The molecule has 0 bridgehead atoms. The number of carboxylic acids is 2. The van der Waals surface area contributed by atoms with Crippen LogP contribution in [0.2, 0.25) is 0 Å². The lowest BCUT2D eigenvalue weighted by atomic mass is 9.87. The zero-order valence-corrected chi connectivity index (χ0v) is 19.8. The summed E-state index contributed by atoms with van der Waals surface area (Å²) in [6.07, 6.45) is 1.93. The van der Waals surface area contributed by atoms with E-state index in [-0.39, 0.29) is 23.6 Å². The van der Waals surface area contributed by atoms with Crippen molar-refractivity contribution in [3.63, 3.8) is 0 Å². The van der Waals surface area contributed by atoms with E-state index >= 15 is 0 Å². The first-order valence-corrected chi connectivity index (χ1v) is 11.7. The van der Waals surface area contributed by atoms with E-state index in [2.05, 4.69) is 15.4 Å². The number of nitrogens with zero attached hydrogens (tertiary/aromatic N) is 3. The van der Waals surface area contributed by atoms with Gasteiger partial charge in [0.15, 0.2) is 0 Å². The molecule has 2 saturated carbocycles. The summed E-state index contributed by atoms with van der Waals surface area (Å²) >= 11 is 1.42. The fraction of sp³-hybridized carbons (Fsp3) is 0.333. The molecule has 2 aliphatic carbocycles. The van der Waals surface area contributed by atoms with Gasteiger partial charge in [-0.05, 0) is 23.5 Å². The predicted octanol–water partition coefficient (Wildman–Crippen LogP) is 3.56. The Bertz CT molecular complexity index is 1090. The van der Waals surface area contributed by atoms with Gasteiger partial charge < -0.3 is 10.2 Å². The number of benzene rings is 2. The van der Waals surface area contributed by atoms with E-state index < -0.39 is 29.3 Å². The van der Waals surface area contributed by atoms with E-state index in [9.17, 15) is 19.8 Å². The number of hydrogen-bond acceptors (Lipinski definition) is 6. The third kappa shape index (κ3) is 4.31. The quantitative estimate of drug-likeness (QED) is 0.408. The summed E-state index contributed by atoms with van der Waals surface area (Å²) in [5.41, 5.74) is 0.692. The molecular formula is C24H25ClN4O4S. The van der Waals surface area contributed by atoms with Crippen LogP contribution in [0, 0.1) is 17.8 Å². The number of carboxylic acid groups (broad SMARTS) is 2. The zero-order chi connectivity index (χ0) is 23.0. The highest BCUT2D eigenvalue weighted by atomic mass is 35.5. The first-order valence-electron chi connectivity index (χ1n) is 10.8. The summed E-state index contributed by atoms with van der Waals surface area (Å²) in [5.74, 6) is -3.27. The van der Waals surface area contributed by atoms with Crippen LogP contribution >= 0.6 is 24.2 Å². The van der Waals surface area contributed by atoms with Gasteiger partial charge in [0.2, 0.25) is 0 Å². The molecule has 2 aliphatic rings. The number of thioether (sulfide) groups is 1. The summed E-state index contributed by atoms with van der Waals surface area (Å²) in [7, 11) is 0. The topological polar surface area (TPSA) is 119 Å². The highest BCUT2D eigenvalue weighted by molar-refractivity contribution is 7.99. The van der Waals surface area contributed by atoms with Crippen molar-refractivity contribution >= 4 is 36.1 Å². The van der Waals surface area contributed by atoms with Crippen LogP contribution in [-0.4, -0.2) is 53.3 Å². The van der Waals surface area contributed by atoms with Gasteiger partial charge in [0.05, 0.1) is 12.1 Å². The number of hydrogen-bond donors (Lipinski definition) is 3. The Kier molecular flexibility index (Phi) is 6.97. The molecule has 3 aromatic rings. The summed E-state index contributed by atoms with van der Waals surface area (Å²) in [5, 5.41) is 31.6. The Morgan fingerprint density at radius 3 is 2.09 bits per heavy atom. The van der Waals surface area contributed by atoms with Gasteiger partial charge in [-0.2, -0.15) is 10.3 Å². The van der Waals surface area contributed by atoms with Crippen molar-refractivity contribution in [1.82, 2.24) is 20.3 Å². The van der Waals surface area contributed by atoms with E-state index in [1.807, 2.05) is 65.6 Å². The predicted molar refractivity (Wildman–Crippen MR) is 128 cm³/mol. The normalized spacial score (nSPS) is 27.1. The van der Waals surface area contributed by atoms with Crippen molar-refractivity contribution < 1.29 is 19.8 Å². The van der Waals surface area contributed by atoms with Gasteiger partial charge in [-0.1, -0.05) is 72.4 Å². The van der Waals surface area contributed by atoms with E-state index in [1.165, 1.54) is 11.8 Å². The minimum atomic E-state index is -1.29. The Labute approximate surface area is 207 Å². The fourth-order valence-electron chi connectivity index (χ4n) is 5.48. The van der Waals surface area contributed by atoms with Crippen LogP contribution in [0.4, 0.5) is 0 Å². The van der Waals surface area contributed by atoms with Crippen LogP contribution < -0.4 is 0 Å². The van der Waals surface area contributed by atoms with Gasteiger partial charge in [-0.25, -0.2) is 0 Å². The van der Waals surface area contributed by atoms with Gasteiger partial charge in [-0.15, -0.1) is 17.5 Å². The average molecular weight is 501 g/mol. The van der Waals surface area contributed by atoms with Crippen LogP contribution in [-0.2, 0) is 22.7 Å². The van der Waals surface area contributed by atoms with Gasteiger partial charge in [-0.3, -0.25) is 14.5 Å². The largest absolute Gasteiger partial charge is 0.481 e. The Hall–Kier alpha value is -2.88. The standard InChI is InChI=1S/C24H24N4O4S.ClH/c29-22(30)20-19-17(33-18-12-25-27-26-18)11-24(21(19)20,23(31)32)28(13-15-7-3-1-4-8-15)14-16-9-5-2-6-10-16;/h1-10,12,17,19-21H,11,13-14H2,(H,29,30)(H,31,32)(H,25,26,27);1H/t17-,19+,20+,21+,24+;/m1./s1. The molecule has 34 heavy (non-hydrogen) atoms. The molecule has 5 rings (SSSR count). The molecular weight excluding hydrogens is 476 g/mol. The lowest BCUT2D eigenvalue weighted by Gasteiger charge is -2.40. The number of carbonyl (C=O) groups is 2. The SMILES string of the molecule is Cl.O=C(O)[C@H]1[C@H]2[C@@H]1[C@@](C(=O)O)(N(Cc1ccccc1)Cc1ccccc1)C[C@H]2Sc1cn[nH]n1. The number of rotatable bonds is 9. The molecule has 5 atom stereocenters. The summed E-state index contributed by atoms with van der Waals surface area (Å²) in [4.78, 5) is 27.1. The number of nitrogens with one attached hydrogen (secondary N) is 1. The minimum absolute atomic E-state index is 0. The van der Waals surface area contributed by atoms with Crippen molar-refractivity contribution in [3.8, 4) is 0 Å². The number of halogens is 1. The highest BCUT2D eigenvalue weighted by Crippen LogP contribution is 2.67. The molecule has 2 fully saturated rings. The van der Waals surface area contributed by atoms with Crippen molar-refractivity contribution in [2.45, 2.75) is 35.3 Å². The zero-order valence-electron chi connectivity index (χ0n) is 18.2. The maximum Gasteiger partial charge on any atom is 0.324 e. The van der Waals surface area contributed by atoms with Gasteiger partial charge in [0, 0.05) is 24.3 Å². The van der Waals surface area contributed by atoms with Crippen molar-refractivity contribution in [3.05, 3.63) is 78.0 Å². The maximum absolute atomic E-state index is 13.0. The van der Waals surface area contributed by atoms with Crippen molar-refractivity contribution in [1.29, 1.82) is 0 Å². The van der Waals surface area contributed by atoms with Crippen LogP contribution in [0.15, 0.2) is 71.9 Å². The average Bonchev–Trinajstić information content (AvgIpc) is 3.18. The molecule has 0 aliphatic heterocycles. The highest BCUT2D eigenvalue weighted by Gasteiger charge is 2.76. The molecule has 0 amide bonds. The fourth-order valence-corrected chi connectivity index (χ4v) is 6.83. The molecule has 178 valence electrons. The lowest BCUT2D eigenvalue weighted by Crippen LogP contribution is -2.56. The number of aliphatic carboxylic acids is 2. The van der Waals surface area contributed by atoms with Gasteiger partial charge >= 0.3 is 11.9 Å². The van der Waals surface area contributed by atoms with E-state index in [4.69, 9.17) is 0 Å². The van der Waals surface area contributed by atoms with Crippen LogP contribution in [0.5, 0.6) is 0 Å². The second-order valence-electron chi connectivity index (χ2n) is 8.69. The minimum Gasteiger partial charge on any atom is -0.481 e. The molecule has 10 heteroatoms. The first-order chi connectivity index (χ1) is 16.0. The third-order valence-corrected chi connectivity index (χ3v) is 8.11. The molecule has 8 nitrogen and oxygen atoms in total. The molecule has 3 N–H and O–H groups in total. The molecule has 0 unspecified atom stereocenters. The number of aromatic amines is 1. The number of fused-ring (bicyclic) bond motifs is 1. The second-order valence-corrected chi connectivity index (χ2v) is 9.95. The van der Waals surface area contributed by atoms with Crippen molar-refractivity contribution in [2.75, 3.05) is 0 Å². The second kappa shape index (κ2) is 9.77. The Morgan fingerprint density at radius 1 is 1.03 bits per heavy atom.